The maximum Gasteiger partial charge on any atom is 0.293 e. The second-order valence-corrected chi connectivity index (χ2v) is 4.62. The normalized spacial score (nSPS) is 10.3. The second kappa shape index (κ2) is 5.70. The molecule has 1 N–H and O–H groups in total. The number of aryl methyl sites for hydroxylation is 1. The lowest BCUT2D eigenvalue weighted by molar-refractivity contribution is -0.384. The Morgan fingerprint density at radius 1 is 1.55 bits per heavy atom. The molecule has 0 aliphatic rings. The van der Waals surface area contributed by atoms with Crippen molar-refractivity contribution in [2.75, 3.05) is 5.32 Å². The van der Waals surface area contributed by atoms with Crippen LogP contribution in [0, 0.1) is 17.0 Å². The Morgan fingerprint density at radius 2 is 2.30 bits per heavy atom. The Bertz CT molecular complexity index is 668. The molecule has 0 atom stereocenters. The first-order chi connectivity index (χ1) is 9.45. The first-order valence-corrected chi connectivity index (χ1v) is 6.06. The van der Waals surface area contributed by atoms with Crippen LogP contribution in [0.15, 0.2) is 30.6 Å². The summed E-state index contributed by atoms with van der Waals surface area (Å²) in [7, 11) is 0. The lowest BCUT2D eigenvalue weighted by Gasteiger charge is -2.06. The SMILES string of the molecule is Cc1ccc(NC(=O)Cn2cc(Cl)cn2)c([N+](=O)[O-])c1. The maximum atomic E-state index is 11.8. The summed E-state index contributed by atoms with van der Waals surface area (Å²) in [6.07, 6.45) is 2.90. The monoisotopic (exact) mass is 294 g/mol. The largest absolute Gasteiger partial charge is 0.319 e. The van der Waals surface area contributed by atoms with E-state index in [4.69, 9.17) is 11.6 Å². The van der Waals surface area contributed by atoms with Gasteiger partial charge in [-0.1, -0.05) is 17.7 Å². The van der Waals surface area contributed by atoms with E-state index in [0.29, 0.717) is 5.02 Å². The van der Waals surface area contributed by atoms with Gasteiger partial charge in [0.05, 0.1) is 16.1 Å². The number of rotatable bonds is 4. The third kappa shape index (κ3) is 3.33. The highest BCUT2D eigenvalue weighted by Gasteiger charge is 2.16. The number of nitro groups is 1. The van der Waals surface area contributed by atoms with Crippen molar-refractivity contribution in [1.82, 2.24) is 9.78 Å². The van der Waals surface area contributed by atoms with Crippen molar-refractivity contribution in [3.63, 3.8) is 0 Å². The highest BCUT2D eigenvalue weighted by atomic mass is 35.5. The minimum absolute atomic E-state index is 0.0717. The van der Waals surface area contributed by atoms with Gasteiger partial charge in [-0.15, -0.1) is 0 Å². The number of carbonyl (C=O) groups excluding carboxylic acids is 1. The van der Waals surface area contributed by atoms with Crippen LogP contribution in [0.4, 0.5) is 11.4 Å². The van der Waals surface area contributed by atoms with Gasteiger partial charge in [0, 0.05) is 12.3 Å². The van der Waals surface area contributed by atoms with Crippen molar-refractivity contribution in [3.05, 3.63) is 51.3 Å². The van der Waals surface area contributed by atoms with Crippen molar-refractivity contribution in [2.45, 2.75) is 13.5 Å². The van der Waals surface area contributed by atoms with Gasteiger partial charge in [0.2, 0.25) is 5.91 Å². The summed E-state index contributed by atoms with van der Waals surface area (Å²) in [6, 6.07) is 4.59. The molecule has 0 aliphatic heterocycles. The van der Waals surface area contributed by atoms with Crippen molar-refractivity contribution in [3.8, 4) is 0 Å². The topological polar surface area (TPSA) is 90.1 Å². The molecule has 0 aliphatic carbocycles. The van der Waals surface area contributed by atoms with Crippen LogP contribution >= 0.6 is 11.6 Å². The molecule has 104 valence electrons. The zero-order valence-electron chi connectivity index (χ0n) is 10.5. The Kier molecular flexibility index (Phi) is 3.99. The Labute approximate surface area is 119 Å². The van der Waals surface area contributed by atoms with Gasteiger partial charge in [-0.3, -0.25) is 19.6 Å². The molecule has 0 unspecified atom stereocenters. The highest BCUT2D eigenvalue weighted by molar-refractivity contribution is 6.30. The van der Waals surface area contributed by atoms with E-state index in [9.17, 15) is 14.9 Å². The number of nitrogens with zero attached hydrogens (tertiary/aromatic N) is 3. The number of carbonyl (C=O) groups is 1. The van der Waals surface area contributed by atoms with Gasteiger partial charge in [0.1, 0.15) is 12.2 Å². The highest BCUT2D eigenvalue weighted by Crippen LogP contribution is 2.25. The lowest BCUT2D eigenvalue weighted by Crippen LogP contribution is -2.19. The number of hydrogen-bond donors (Lipinski definition) is 1. The zero-order valence-corrected chi connectivity index (χ0v) is 11.3. The molecule has 1 amide bonds. The van der Waals surface area contributed by atoms with Gasteiger partial charge < -0.3 is 5.32 Å². The van der Waals surface area contributed by atoms with Crippen molar-refractivity contribution in [2.24, 2.45) is 0 Å². The molecular weight excluding hydrogens is 284 g/mol. The van der Waals surface area contributed by atoms with Gasteiger partial charge in [-0.05, 0) is 18.6 Å². The molecule has 1 aromatic carbocycles. The van der Waals surface area contributed by atoms with Crippen LogP contribution in [0.3, 0.4) is 0 Å². The van der Waals surface area contributed by atoms with Crippen LogP contribution in [-0.4, -0.2) is 20.6 Å². The molecular formula is C12H11ClN4O3. The molecule has 2 rings (SSSR count). The number of halogens is 1. The summed E-state index contributed by atoms with van der Waals surface area (Å²) >= 11 is 5.68. The molecule has 0 bridgehead atoms. The first kappa shape index (κ1) is 14.0. The van der Waals surface area contributed by atoms with Crippen molar-refractivity contribution in [1.29, 1.82) is 0 Å². The molecule has 0 saturated carbocycles. The summed E-state index contributed by atoms with van der Waals surface area (Å²) in [4.78, 5) is 22.2. The van der Waals surface area contributed by atoms with Crippen LogP contribution in [0.25, 0.3) is 0 Å². The second-order valence-electron chi connectivity index (χ2n) is 4.18. The van der Waals surface area contributed by atoms with E-state index in [0.717, 1.165) is 5.56 Å². The smallest absolute Gasteiger partial charge is 0.293 e. The number of anilines is 1. The molecule has 0 fully saturated rings. The van der Waals surface area contributed by atoms with E-state index in [1.165, 1.54) is 29.2 Å². The number of benzene rings is 1. The summed E-state index contributed by atoms with van der Waals surface area (Å²) in [5.74, 6) is -0.420. The molecule has 1 aromatic heterocycles. The molecule has 20 heavy (non-hydrogen) atoms. The summed E-state index contributed by atoms with van der Waals surface area (Å²) < 4.78 is 1.34. The average Bonchev–Trinajstić information content (AvgIpc) is 2.76. The fourth-order valence-corrected chi connectivity index (χ4v) is 1.82. The Hall–Kier alpha value is -2.41. The third-order valence-corrected chi connectivity index (χ3v) is 2.73. The Morgan fingerprint density at radius 3 is 2.90 bits per heavy atom. The average molecular weight is 295 g/mol. The van der Waals surface area contributed by atoms with Crippen molar-refractivity contribution >= 4 is 28.9 Å². The van der Waals surface area contributed by atoms with E-state index in [1.54, 1.807) is 13.0 Å². The van der Waals surface area contributed by atoms with E-state index in [-0.39, 0.29) is 17.9 Å². The van der Waals surface area contributed by atoms with Crippen LogP contribution in [0.5, 0.6) is 0 Å². The molecule has 2 aromatic rings. The molecule has 7 nitrogen and oxygen atoms in total. The van der Waals surface area contributed by atoms with E-state index < -0.39 is 10.8 Å². The van der Waals surface area contributed by atoms with Crippen LogP contribution in [0.2, 0.25) is 5.02 Å². The quantitative estimate of drug-likeness (QED) is 0.692. The minimum Gasteiger partial charge on any atom is -0.319 e. The first-order valence-electron chi connectivity index (χ1n) is 5.68. The van der Waals surface area contributed by atoms with E-state index in [2.05, 4.69) is 10.4 Å². The van der Waals surface area contributed by atoms with Crippen molar-refractivity contribution < 1.29 is 9.72 Å². The fraction of sp³-hybridized carbons (Fsp3) is 0.167. The minimum atomic E-state index is -0.534. The maximum absolute atomic E-state index is 11.8. The summed E-state index contributed by atoms with van der Waals surface area (Å²) in [5, 5.41) is 17.7. The molecule has 0 radical (unpaired) electrons. The number of nitrogens with one attached hydrogen (secondary N) is 1. The van der Waals surface area contributed by atoms with Crippen LogP contribution < -0.4 is 5.32 Å². The molecule has 0 saturated heterocycles. The summed E-state index contributed by atoms with van der Waals surface area (Å²) in [5.41, 5.74) is 0.759. The third-order valence-electron chi connectivity index (χ3n) is 2.53. The van der Waals surface area contributed by atoms with Gasteiger partial charge in [-0.2, -0.15) is 5.10 Å². The van der Waals surface area contributed by atoms with Gasteiger partial charge >= 0.3 is 0 Å². The van der Waals surface area contributed by atoms with Gasteiger partial charge in [-0.25, -0.2) is 0 Å². The zero-order chi connectivity index (χ0) is 14.7. The molecule has 1 heterocycles. The van der Waals surface area contributed by atoms with E-state index >= 15 is 0 Å². The summed E-state index contributed by atoms with van der Waals surface area (Å²) in [6.45, 7) is 1.67. The van der Waals surface area contributed by atoms with E-state index in [1.807, 2.05) is 0 Å². The number of hydrogen-bond acceptors (Lipinski definition) is 4. The van der Waals surface area contributed by atoms with Crippen LogP contribution in [-0.2, 0) is 11.3 Å². The van der Waals surface area contributed by atoms with Gasteiger partial charge in [0.25, 0.3) is 5.69 Å². The van der Waals surface area contributed by atoms with Gasteiger partial charge in [0.15, 0.2) is 0 Å². The number of amides is 1. The van der Waals surface area contributed by atoms with Crippen LogP contribution in [0.1, 0.15) is 5.56 Å². The molecule has 8 heteroatoms. The fourth-order valence-electron chi connectivity index (χ4n) is 1.66. The number of nitro benzene ring substituents is 1. The standard InChI is InChI=1S/C12H11ClN4O3/c1-8-2-3-10(11(4-8)17(19)20)15-12(18)7-16-6-9(13)5-14-16/h2-6H,7H2,1H3,(H,15,18). The predicted octanol–water partition coefficient (Wildman–Crippen LogP) is 2.39. The number of aromatic nitrogens is 2. The lowest BCUT2D eigenvalue weighted by atomic mass is 10.2. The molecule has 0 spiro atoms. The Balaban J connectivity index is 2.13. The predicted molar refractivity (Wildman–Crippen MR) is 73.7 cm³/mol.